The van der Waals surface area contributed by atoms with Crippen molar-refractivity contribution in [2.75, 3.05) is 11.5 Å². The van der Waals surface area contributed by atoms with Crippen molar-refractivity contribution in [3.05, 3.63) is 36.5 Å². The fourth-order valence-electron chi connectivity index (χ4n) is 3.66. The van der Waals surface area contributed by atoms with Gasteiger partial charge < -0.3 is 9.64 Å². The van der Waals surface area contributed by atoms with Crippen LogP contribution in [0.3, 0.4) is 0 Å². The standard InChI is InChI=1S/C19H22N2O2/c1-13-16(10-12-23-13)19(22)21(15-7-3-8-15)17-9-2-5-14-6-4-11-20-18(14)17/h2,4-6,9,11,13,15-16H,3,7-8,10,12H2,1H3/t13-,16-/m0/s1. The zero-order valence-electron chi connectivity index (χ0n) is 13.4. The summed E-state index contributed by atoms with van der Waals surface area (Å²) in [6, 6.07) is 10.4. The van der Waals surface area contributed by atoms with Gasteiger partial charge in [-0.25, -0.2) is 0 Å². The predicted octanol–water partition coefficient (Wildman–Crippen LogP) is 3.55. The van der Waals surface area contributed by atoms with Crippen LogP contribution in [0.2, 0.25) is 0 Å². The molecule has 1 aliphatic carbocycles. The summed E-state index contributed by atoms with van der Waals surface area (Å²) in [6.45, 7) is 2.69. The van der Waals surface area contributed by atoms with Crippen molar-refractivity contribution in [1.82, 2.24) is 4.98 Å². The number of ether oxygens (including phenoxy) is 1. The molecule has 4 nitrogen and oxygen atoms in total. The highest BCUT2D eigenvalue weighted by molar-refractivity contribution is 6.03. The third-order valence-electron chi connectivity index (χ3n) is 5.24. The molecule has 0 bridgehead atoms. The lowest BCUT2D eigenvalue weighted by Crippen LogP contribution is -2.48. The molecule has 0 radical (unpaired) electrons. The maximum Gasteiger partial charge on any atom is 0.233 e. The number of nitrogens with zero attached hydrogens (tertiary/aromatic N) is 2. The molecule has 1 aromatic carbocycles. The number of benzene rings is 1. The quantitative estimate of drug-likeness (QED) is 0.871. The van der Waals surface area contributed by atoms with Crippen LogP contribution in [0.4, 0.5) is 5.69 Å². The molecule has 120 valence electrons. The van der Waals surface area contributed by atoms with Crippen LogP contribution >= 0.6 is 0 Å². The number of hydrogen-bond donors (Lipinski definition) is 0. The van der Waals surface area contributed by atoms with E-state index in [1.165, 1.54) is 6.42 Å². The number of hydrogen-bond acceptors (Lipinski definition) is 3. The summed E-state index contributed by atoms with van der Waals surface area (Å²) >= 11 is 0. The van der Waals surface area contributed by atoms with Gasteiger partial charge >= 0.3 is 0 Å². The van der Waals surface area contributed by atoms with Crippen molar-refractivity contribution in [3.8, 4) is 0 Å². The van der Waals surface area contributed by atoms with E-state index >= 15 is 0 Å². The summed E-state index contributed by atoms with van der Waals surface area (Å²) in [7, 11) is 0. The van der Waals surface area contributed by atoms with E-state index in [2.05, 4.69) is 17.1 Å². The van der Waals surface area contributed by atoms with Gasteiger partial charge in [-0.05, 0) is 44.7 Å². The molecule has 1 aromatic heterocycles. The van der Waals surface area contributed by atoms with Crippen LogP contribution in [-0.2, 0) is 9.53 Å². The maximum absolute atomic E-state index is 13.3. The lowest BCUT2D eigenvalue weighted by molar-refractivity contribution is -0.124. The summed E-state index contributed by atoms with van der Waals surface area (Å²) in [6.07, 6.45) is 5.99. The van der Waals surface area contributed by atoms with Crippen molar-refractivity contribution >= 4 is 22.5 Å². The molecular weight excluding hydrogens is 288 g/mol. The molecule has 23 heavy (non-hydrogen) atoms. The van der Waals surface area contributed by atoms with E-state index in [0.717, 1.165) is 35.9 Å². The second-order valence-electron chi connectivity index (χ2n) is 6.62. The molecule has 4 heteroatoms. The van der Waals surface area contributed by atoms with E-state index in [4.69, 9.17) is 4.74 Å². The second kappa shape index (κ2) is 5.93. The van der Waals surface area contributed by atoms with Crippen LogP contribution < -0.4 is 4.90 Å². The molecule has 2 fully saturated rings. The summed E-state index contributed by atoms with van der Waals surface area (Å²) in [5, 5.41) is 1.08. The highest BCUT2D eigenvalue weighted by Gasteiger charge is 2.39. The summed E-state index contributed by atoms with van der Waals surface area (Å²) in [5.41, 5.74) is 1.87. The molecule has 0 spiro atoms. The minimum atomic E-state index is -0.0328. The van der Waals surface area contributed by atoms with Crippen LogP contribution in [0.25, 0.3) is 10.9 Å². The largest absolute Gasteiger partial charge is 0.378 e. The third kappa shape index (κ3) is 2.51. The summed E-state index contributed by atoms with van der Waals surface area (Å²) in [5.74, 6) is 0.174. The number of rotatable bonds is 3. The van der Waals surface area contributed by atoms with Gasteiger partial charge in [-0.2, -0.15) is 0 Å². The number of anilines is 1. The first-order valence-electron chi connectivity index (χ1n) is 8.54. The molecule has 4 rings (SSSR count). The second-order valence-corrected chi connectivity index (χ2v) is 6.62. The van der Waals surface area contributed by atoms with Gasteiger partial charge in [0.05, 0.1) is 23.2 Å². The highest BCUT2D eigenvalue weighted by Crippen LogP contribution is 2.36. The van der Waals surface area contributed by atoms with E-state index in [9.17, 15) is 4.79 Å². The average Bonchev–Trinajstić information content (AvgIpc) is 2.96. The molecule has 1 aliphatic heterocycles. The van der Waals surface area contributed by atoms with Crippen LogP contribution in [-0.4, -0.2) is 29.6 Å². The first-order chi connectivity index (χ1) is 11.3. The summed E-state index contributed by atoms with van der Waals surface area (Å²) in [4.78, 5) is 19.8. The molecule has 2 aromatic rings. The monoisotopic (exact) mass is 310 g/mol. The van der Waals surface area contributed by atoms with Crippen molar-refractivity contribution in [1.29, 1.82) is 0 Å². The fourth-order valence-corrected chi connectivity index (χ4v) is 3.66. The Morgan fingerprint density at radius 1 is 1.22 bits per heavy atom. The molecule has 2 heterocycles. The van der Waals surface area contributed by atoms with Gasteiger partial charge in [-0.15, -0.1) is 0 Å². The molecule has 2 atom stereocenters. The van der Waals surface area contributed by atoms with E-state index in [1.54, 1.807) is 6.20 Å². The van der Waals surface area contributed by atoms with Gasteiger partial charge in [0, 0.05) is 24.2 Å². The van der Waals surface area contributed by atoms with Crippen molar-refractivity contribution in [2.24, 2.45) is 5.92 Å². The zero-order chi connectivity index (χ0) is 15.8. The van der Waals surface area contributed by atoms with Crippen LogP contribution in [0.5, 0.6) is 0 Å². The number of amides is 1. The van der Waals surface area contributed by atoms with Gasteiger partial charge in [0.25, 0.3) is 0 Å². The zero-order valence-corrected chi connectivity index (χ0v) is 13.4. The average molecular weight is 310 g/mol. The van der Waals surface area contributed by atoms with E-state index in [-0.39, 0.29) is 17.9 Å². The Morgan fingerprint density at radius 2 is 2.04 bits per heavy atom. The fraction of sp³-hybridized carbons (Fsp3) is 0.474. The van der Waals surface area contributed by atoms with Gasteiger partial charge in [0.1, 0.15) is 0 Å². The number of aromatic nitrogens is 1. The van der Waals surface area contributed by atoms with Crippen molar-refractivity contribution < 1.29 is 9.53 Å². The molecule has 1 amide bonds. The topological polar surface area (TPSA) is 42.4 Å². The van der Waals surface area contributed by atoms with E-state index in [0.29, 0.717) is 12.6 Å². The normalized spacial score (nSPS) is 24.6. The minimum Gasteiger partial charge on any atom is -0.378 e. The number of fused-ring (bicyclic) bond motifs is 1. The molecular formula is C19H22N2O2. The van der Waals surface area contributed by atoms with Crippen molar-refractivity contribution in [2.45, 2.75) is 44.8 Å². The number of para-hydroxylation sites is 1. The first kappa shape index (κ1) is 14.6. The molecule has 0 N–H and O–H groups in total. The minimum absolute atomic E-state index is 0.00742. The maximum atomic E-state index is 13.3. The smallest absolute Gasteiger partial charge is 0.233 e. The van der Waals surface area contributed by atoms with Crippen LogP contribution in [0.1, 0.15) is 32.6 Å². The number of pyridine rings is 1. The third-order valence-corrected chi connectivity index (χ3v) is 5.24. The lowest BCUT2D eigenvalue weighted by atomic mass is 9.88. The Kier molecular flexibility index (Phi) is 3.77. The molecule has 1 saturated carbocycles. The lowest BCUT2D eigenvalue weighted by Gasteiger charge is -2.39. The Balaban J connectivity index is 1.77. The molecule has 0 unspecified atom stereocenters. The summed E-state index contributed by atoms with van der Waals surface area (Å²) < 4.78 is 5.63. The van der Waals surface area contributed by atoms with E-state index in [1.807, 2.05) is 30.0 Å². The van der Waals surface area contributed by atoms with Gasteiger partial charge in [-0.1, -0.05) is 18.2 Å². The Hall–Kier alpha value is -1.94. The first-order valence-corrected chi connectivity index (χ1v) is 8.54. The van der Waals surface area contributed by atoms with Crippen molar-refractivity contribution in [3.63, 3.8) is 0 Å². The molecule has 1 saturated heterocycles. The number of carbonyl (C=O) groups is 1. The van der Waals surface area contributed by atoms with Crippen LogP contribution in [0.15, 0.2) is 36.5 Å². The predicted molar refractivity (Wildman–Crippen MR) is 90.4 cm³/mol. The Bertz CT molecular complexity index is 721. The molecule has 2 aliphatic rings. The highest BCUT2D eigenvalue weighted by atomic mass is 16.5. The van der Waals surface area contributed by atoms with Crippen LogP contribution in [0, 0.1) is 5.92 Å². The van der Waals surface area contributed by atoms with E-state index < -0.39 is 0 Å². The Morgan fingerprint density at radius 3 is 2.74 bits per heavy atom. The SMILES string of the molecule is C[C@@H]1OCC[C@@H]1C(=O)N(c1cccc2cccnc12)C1CCC1. The van der Waals surface area contributed by atoms with Gasteiger partial charge in [0.15, 0.2) is 0 Å². The van der Waals surface area contributed by atoms with Gasteiger partial charge in [0.2, 0.25) is 5.91 Å². The number of carbonyl (C=O) groups excluding carboxylic acids is 1. The van der Waals surface area contributed by atoms with Gasteiger partial charge in [-0.3, -0.25) is 9.78 Å². The Labute approximate surface area is 136 Å².